The smallest absolute Gasteiger partial charge is 0.229 e. The Morgan fingerprint density at radius 3 is 2.78 bits per heavy atom. The van der Waals surface area contributed by atoms with E-state index in [0.717, 1.165) is 30.9 Å². The van der Waals surface area contributed by atoms with E-state index in [1.54, 1.807) is 12.3 Å². The summed E-state index contributed by atoms with van der Waals surface area (Å²) in [6.07, 6.45) is 3.41. The van der Waals surface area contributed by atoms with Crippen LogP contribution in [0.3, 0.4) is 0 Å². The molecule has 23 heavy (non-hydrogen) atoms. The Balaban J connectivity index is 1.65. The Labute approximate surface area is 135 Å². The molecule has 1 aromatic heterocycles. The zero-order valence-corrected chi connectivity index (χ0v) is 12.8. The van der Waals surface area contributed by atoms with Gasteiger partial charge in [0.2, 0.25) is 5.91 Å². The molecule has 1 saturated heterocycles. The van der Waals surface area contributed by atoms with E-state index < -0.39 is 0 Å². The Bertz CT molecular complexity index is 706. The van der Waals surface area contributed by atoms with Crippen molar-refractivity contribution < 1.29 is 4.79 Å². The molecule has 1 aliphatic heterocycles. The van der Waals surface area contributed by atoms with E-state index >= 15 is 0 Å². The van der Waals surface area contributed by atoms with Crippen molar-refractivity contribution in [3.05, 3.63) is 54.2 Å². The fourth-order valence-electron chi connectivity index (χ4n) is 2.80. The molecule has 0 aliphatic carbocycles. The van der Waals surface area contributed by atoms with E-state index in [0.29, 0.717) is 12.1 Å². The van der Waals surface area contributed by atoms with Gasteiger partial charge >= 0.3 is 0 Å². The van der Waals surface area contributed by atoms with E-state index in [2.05, 4.69) is 21.3 Å². The lowest BCUT2D eigenvalue weighted by Gasteiger charge is -2.32. The van der Waals surface area contributed by atoms with Crippen LogP contribution in [0.1, 0.15) is 18.4 Å². The van der Waals surface area contributed by atoms with Crippen LogP contribution in [0.4, 0.5) is 11.5 Å². The first-order chi connectivity index (χ1) is 11.3. The second-order valence-corrected chi connectivity index (χ2v) is 5.66. The Morgan fingerprint density at radius 1 is 1.26 bits per heavy atom. The quantitative estimate of drug-likeness (QED) is 0.946. The number of hydrogen-bond acceptors (Lipinski definition) is 4. The van der Waals surface area contributed by atoms with Gasteiger partial charge in [0.25, 0.3) is 0 Å². The first kappa shape index (κ1) is 15.0. The Hall–Kier alpha value is -2.87. The van der Waals surface area contributed by atoms with Gasteiger partial charge in [-0.05, 0) is 37.1 Å². The molecule has 2 aromatic rings. The number of nitrogens with one attached hydrogen (secondary N) is 1. The van der Waals surface area contributed by atoms with Gasteiger partial charge in [-0.2, -0.15) is 5.26 Å². The van der Waals surface area contributed by atoms with Gasteiger partial charge in [0.15, 0.2) is 0 Å². The highest BCUT2D eigenvalue weighted by Crippen LogP contribution is 2.23. The topological polar surface area (TPSA) is 69.0 Å². The predicted molar refractivity (Wildman–Crippen MR) is 89.0 cm³/mol. The fourth-order valence-corrected chi connectivity index (χ4v) is 2.80. The van der Waals surface area contributed by atoms with Gasteiger partial charge in [0.1, 0.15) is 11.9 Å². The van der Waals surface area contributed by atoms with Gasteiger partial charge in [-0.25, -0.2) is 4.98 Å². The van der Waals surface area contributed by atoms with E-state index in [9.17, 15) is 4.79 Å². The number of piperidine rings is 1. The lowest BCUT2D eigenvalue weighted by molar-refractivity contribution is -0.120. The number of aromatic nitrogens is 1. The number of pyridine rings is 1. The average Bonchev–Trinajstić information content (AvgIpc) is 2.63. The number of carbonyl (C=O) groups is 1. The van der Waals surface area contributed by atoms with Crippen molar-refractivity contribution in [1.82, 2.24) is 4.98 Å². The molecule has 0 spiro atoms. The minimum Gasteiger partial charge on any atom is -0.356 e. The van der Waals surface area contributed by atoms with Gasteiger partial charge < -0.3 is 10.2 Å². The summed E-state index contributed by atoms with van der Waals surface area (Å²) in [6.45, 7) is 1.53. The third-order valence-electron chi connectivity index (χ3n) is 4.03. The summed E-state index contributed by atoms with van der Waals surface area (Å²) in [7, 11) is 0. The van der Waals surface area contributed by atoms with E-state index in [1.165, 1.54) is 0 Å². The first-order valence-corrected chi connectivity index (χ1v) is 7.73. The Kier molecular flexibility index (Phi) is 4.53. The van der Waals surface area contributed by atoms with Gasteiger partial charge in [-0.15, -0.1) is 0 Å². The summed E-state index contributed by atoms with van der Waals surface area (Å²) in [5.41, 5.74) is 1.37. The van der Waals surface area contributed by atoms with E-state index in [4.69, 9.17) is 5.26 Å². The maximum atomic E-state index is 12.4. The number of nitriles is 1. The number of anilines is 2. The molecule has 1 atom stereocenters. The number of carbonyl (C=O) groups excluding carboxylic acids is 1. The average molecular weight is 306 g/mol. The molecule has 0 saturated carbocycles. The van der Waals surface area contributed by atoms with Crippen molar-refractivity contribution in [2.24, 2.45) is 5.92 Å². The van der Waals surface area contributed by atoms with Crippen LogP contribution in [0, 0.1) is 17.2 Å². The number of nitrogens with zero attached hydrogens (tertiary/aromatic N) is 3. The Morgan fingerprint density at radius 2 is 2.09 bits per heavy atom. The molecule has 0 bridgehead atoms. The molecule has 1 N–H and O–H groups in total. The minimum absolute atomic E-state index is 0.0505. The standard InChI is InChI=1S/C18H18N4O/c19-11-14-8-9-17(20-12-14)22-10-4-5-15(13-22)18(23)21-16-6-2-1-3-7-16/h1-3,6-9,12,15H,4-5,10,13H2,(H,21,23)/t15-/m1/s1. The van der Waals surface area contributed by atoms with Crippen molar-refractivity contribution in [3.63, 3.8) is 0 Å². The van der Waals surface area contributed by atoms with Gasteiger partial charge in [0.05, 0.1) is 11.5 Å². The van der Waals surface area contributed by atoms with Crippen LogP contribution in [0.15, 0.2) is 48.7 Å². The van der Waals surface area contributed by atoms with Crippen LogP contribution in [-0.2, 0) is 4.79 Å². The van der Waals surface area contributed by atoms with Crippen molar-refractivity contribution in [1.29, 1.82) is 5.26 Å². The SMILES string of the molecule is N#Cc1ccc(N2CCC[C@@H](C(=O)Nc3ccccc3)C2)nc1. The summed E-state index contributed by atoms with van der Waals surface area (Å²) < 4.78 is 0. The molecule has 1 amide bonds. The number of para-hydroxylation sites is 1. The summed E-state index contributed by atoms with van der Waals surface area (Å²) in [4.78, 5) is 18.9. The minimum atomic E-state index is -0.0543. The third kappa shape index (κ3) is 3.67. The zero-order valence-electron chi connectivity index (χ0n) is 12.8. The highest BCUT2D eigenvalue weighted by Gasteiger charge is 2.26. The molecule has 5 heteroatoms. The molecule has 1 aromatic carbocycles. The maximum Gasteiger partial charge on any atom is 0.229 e. The molecule has 0 radical (unpaired) electrons. The lowest BCUT2D eigenvalue weighted by Crippen LogP contribution is -2.41. The van der Waals surface area contributed by atoms with Gasteiger partial charge in [0, 0.05) is 25.0 Å². The highest BCUT2D eigenvalue weighted by molar-refractivity contribution is 5.93. The normalized spacial score (nSPS) is 17.3. The van der Waals surface area contributed by atoms with Crippen molar-refractivity contribution >= 4 is 17.4 Å². The molecule has 5 nitrogen and oxygen atoms in total. The molecule has 1 fully saturated rings. The first-order valence-electron chi connectivity index (χ1n) is 7.73. The predicted octanol–water partition coefficient (Wildman–Crippen LogP) is 2.81. The van der Waals surface area contributed by atoms with Crippen LogP contribution in [0.25, 0.3) is 0 Å². The van der Waals surface area contributed by atoms with Crippen LogP contribution < -0.4 is 10.2 Å². The lowest BCUT2D eigenvalue weighted by atomic mass is 9.97. The molecule has 2 heterocycles. The third-order valence-corrected chi connectivity index (χ3v) is 4.03. The molecule has 1 aliphatic rings. The second-order valence-electron chi connectivity index (χ2n) is 5.66. The molecule has 0 unspecified atom stereocenters. The monoisotopic (exact) mass is 306 g/mol. The van der Waals surface area contributed by atoms with Gasteiger partial charge in [-0.1, -0.05) is 18.2 Å². The maximum absolute atomic E-state index is 12.4. The highest BCUT2D eigenvalue weighted by atomic mass is 16.1. The summed E-state index contributed by atoms with van der Waals surface area (Å²) in [5.74, 6) is 0.817. The summed E-state index contributed by atoms with van der Waals surface area (Å²) in [5, 5.41) is 11.8. The number of amides is 1. The van der Waals surface area contributed by atoms with E-state index in [-0.39, 0.29) is 11.8 Å². The number of benzene rings is 1. The summed E-state index contributed by atoms with van der Waals surface area (Å²) in [6, 6.07) is 15.2. The van der Waals surface area contributed by atoms with Crippen molar-refractivity contribution in [2.75, 3.05) is 23.3 Å². The number of rotatable bonds is 3. The van der Waals surface area contributed by atoms with Crippen LogP contribution >= 0.6 is 0 Å². The van der Waals surface area contributed by atoms with Crippen LogP contribution in [-0.4, -0.2) is 24.0 Å². The van der Waals surface area contributed by atoms with Gasteiger partial charge in [-0.3, -0.25) is 4.79 Å². The van der Waals surface area contributed by atoms with Crippen molar-refractivity contribution in [3.8, 4) is 6.07 Å². The molecular weight excluding hydrogens is 288 g/mol. The van der Waals surface area contributed by atoms with Crippen LogP contribution in [0.2, 0.25) is 0 Å². The molecule has 3 rings (SSSR count). The molecule has 116 valence electrons. The molecular formula is C18H18N4O. The number of hydrogen-bond donors (Lipinski definition) is 1. The van der Waals surface area contributed by atoms with Crippen LogP contribution in [0.5, 0.6) is 0 Å². The second kappa shape index (κ2) is 6.93. The fraction of sp³-hybridized carbons (Fsp3) is 0.278. The zero-order chi connectivity index (χ0) is 16.1. The van der Waals surface area contributed by atoms with Crippen molar-refractivity contribution in [2.45, 2.75) is 12.8 Å². The largest absolute Gasteiger partial charge is 0.356 e. The van der Waals surface area contributed by atoms with E-state index in [1.807, 2.05) is 36.4 Å². The summed E-state index contributed by atoms with van der Waals surface area (Å²) >= 11 is 0.